The molecule has 1 aromatic carbocycles. The van der Waals surface area contributed by atoms with E-state index in [-0.39, 0.29) is 6.04 Å². The Kier molecular flexibility index (Phi) is 4.15. The van der Waals surface area contributed by atoms with Crippen LogP contribution in [0.1, 0.15) is 49.2 Å². The lowest BCUT2D eigenvalue weighted by Crippen LogP contribution is -2.24. The van der Waals surface area contributed by atoms with Crippen molar-refractivity contribution in [3.05, 3.63) is 53.3 Å². The highest BCUT2D eigenvalue weighted by Gasteiger charge is 2.14. The van der Waals surface area contributed by atoms with Gasteiger partial charge in [0.25, 0.3) is 0 Å². The fourth-order valence-electron chi connectivity index (χ4n) is 2.15. The number of aromatic amines is 1. The van der Waals surface area contributed by atoms with Gasteiger partial charge in [0.1, 0.15) is 0 Å². The molecular weight excluding hydrogens is 222 g/mol. The highest BCUT2D eigenvalue weighted by molar-refractivity contribution is 5.24. The molecule has 0 radical (unpaired) electrons. The molecule has 0 bridgehead atoms. The zero-order valence-electron chi connectivity index (χ0n) is 11.3. The highest BCUT2D eigenvalue weighted by Crippen LogP contribution is 2.21. The number of rotatable bonds is 5. The molecule has 0 amide bonds. The van der Waals surface area contributed by atoms with Crippen LogP contribution in [-0.4, -0.2) is 10.2 Å². The topological polar surface area (TPSA) is 40.7 Å². The SMILES string of the molecule is CCC(NC(C)c1ccn[nH]1)c1ccc(C)cc1. The summed E-state index contributed by atoms with van der Waals surface area (Å²) >= 11 is 0. The average Bonchev–Trinajstić information content (AvgIpc) is 2.91. The third-order valence-electron chi connectivity index (χ3n) is 3.33. The highest BCUT2D eigenvalue weighted by atomic mass is 15.1. The molecule has 0 saturated heterocycles. The van der Waals surface area contributed by atoms with Crippen molar-refractivity contribution < 1.29 is 0 Å². The van der Waals surface area contributed by atoms with Gasteiger partial charge in [-0.2, -0.15) is 5.10 Å². The van der Waals surface area contributed by atoms with Gasteiger partial charge in [0, 0.05) is 18.3 Å². The fourth-order valence-corrected chi connectivity index (χ4v) is 2.15. The molecular formula is C15H21N3. The van der Waals surface area contributed by atoms with Gasteiger partial charge in [-0.05, 0) is 31.9 Å². The average molecular weight is 243 g/mol. The Balaban J connectivity index is 2.07. The summed E-state index contributed by atoms with van der Waals surface area (Å²) in [4.78, 5) is 0. The van der Waals surface area contributed by atoms with E-state index in [0.717, 1.165) is 12.1 Å². The van der Waals surface area contributed by atoms with E-state index in [2.05, 4.69) is 60.6 Å². The van der Waals surface area contributed by atoms with E-state index in [9.17, 15) is 0 Å². The maximum atomic E-state index is 4.00. The van der Waals surface area contributed by atoms with Gasteiger partial charge < -0.3 is 5.32 Å². The zero-order chi connectivity index (χ0) is 13.0. The molecule has 1 heterocycles. The molecule has 0 saturated carbocycles. The van der Waals surface area contributed by atoms with Crippen LogP contribution in [0.25, 0.3) is 0 Å². The molecule has 2 aromatic rings. The second-order valence-corrected chi connectivity index (χ2v) is 4.77. The van der Waals surface area contributed by atoms with Crippen LogP contribution in [0, 0.1) is 6.92 Å². The summed E-state index contributed by atoms with van der Waals surface area (Å²) < 4.78 is 0. The van der Waals surface area contributed by atoms with Gasteiger partial charge in [-0.25, -0.2) is 0 Å². The molecule has 96 valence electrons. The second-order valence-electron chi connectivity index (χ2n) is 4.77. The number of nitrogens with one attached hydrogen (secondary N) is 2. The molecule has 2 rings (SSSR count). The van der Waals surface area contributed by atoms with Crippen molar-refractivity contribution in [2.24, 2.45) is 0 Å². The number of aryl methyl sites for hydroxylation is 1. The normalized spacial score (nSPS) is 14.4. The number of aromatic nitrogens is 2. The van der Waals surface area contributed by atoms with Gasteiger partial charge in [-0.1, -0.05) is 36.8 Å². The summed E-state index contributed by atoms with van der Waals surface area (Å²) in [7, 11) is 0. The quantitative estimate of drug-likeness (QED) is 0.843. The first kappa shape index (κ1) is 12.8. The molecule has 0 aliphatic carbocycles. The lowest BCUT2D eigenvalue weighted by atomic mass is 10.0. The van der Waals surface area contributed by atoms with E-state index >= 15 is 0 Å². The van der Waals surface area contributed by atoms with Crippen LogP contribution in [0.5, 0.6) is 0 Å². The van der Waals surface area contributed by atoms with Crippen LogP contribution in [0.3, 0.4) is 0 Å². The Labute approximate surface area is 109 Å². The summed E-state index contributed by atoms with van der Waals surface area (Å²) in [6.45, 7) is 6.48. The molecule has 0 aliphatic rings. The number of nitrogens with zero attached hydrogens (tertiary/aromatic N) is 1. The minimum Gasteiger partial charge on any atom is -0.302 e. The summed E-state index contributed by atoms with van der Waals surface area (Å²) in [5, 5.41) is 10.6. The standard InChI is InChI=1S/C15H21N3/c1-4-14(13-7-5-11(2)6-8-13)17-12(3)15-9-10-16-18-15/h5-10,12,14,17H,4H2,1-3H3,(H,16,18). The van der Waals surface area contributed by atoms with Crippen molar-refractivity contribution in [1.82, 2.24) is 15.5 Å². The van der Waals surface area contributed by atoms with E-state index < -0.39 is 0 Å². The summed E-state index contributed by atoms with van der Waals surface area (Å²) in [5.41, 5.74) is 3.77. The van der Waals surface area contributed by atoms with Crippen LogP contribution in [0.15, 0.2) is 36.5 Å². The first-order chi connectivity index (χ1) is 8.70. The van der Waals surface area contributed by atoms with Crippen molar-refractivity contribution in [3.8, 4) is 0 Å². The number of hydrogen-bond acceptors (Lipinski definition) is 2. The molecule has 3 nitrogen and oxygen atoms in total. The lowest BCUT2D eigenvalue weighted by molar-refractivity contribution is 0.449. The monoisotopic (exact) mass is 243 g/mol. The van der Waals surface area contributed by atoms with Crippen LogP contribution in [0.2, 0.25) is 0 Å². The molecule has 2 N–H and O–H groups in total. The van der Waals surface area contributed by atoms with Crippen LogP contribution >= 0.6 is 0 Å². The van der Waals surface area contributed by atoms with Crippen molar-refractivity contribution in [1.29, 1.82) is 0 Å². The Morgan fingerprint density at radius 3 is 2.50 bits per heavy atom. The van der Waals surface area contributed by atoms with Gasteiger partial charge in [0.05, 0.1) is 5.69 Å². The van der Waals surface area contributed by atoms with Gasteiger partial charge in [0.2, 0.25) is 0 Å². The third kappa shape index (κ3) is 2.99. The number of hydrogen-bond donors (Lipinski definition) is 2. The third-order valence-corrected chi connectivity index (χ3v) is 3.33. The second kappa shape index (κ2) is 5.83. The van der Waals surface area contributed by atoms with Crippen molar-refractivity contribution >= 4 is 0 Å². The van der Waals surface area contributed by atoms with E-state index in [1.54, 1.807) is 6.20 Å². The maximum Gasteiger partial charge on any atom is 0.0518 e. The number of H-pyrrole nitrogens is 1. The van der Waals surface area contributed by atoms with Crippen molar-refractivity contribution in [3.63, 3.8) is 0 Å². The zero-order valence-corrected chi connectivity index (χ0v) is 11.3. The molecule has 2 atom stereocenters. The van der Waals surface area contributed by atoms with E-state index in [1.165, 1.54) is 11.1 Å². The largest absolute Gasteiger partial charge is 0.302 e. The lowest BCUT2D eigenvalue weighted by Gasteiger charge is -2.22. The number of benzene rings is 1. The summed E-state index contributed by atoms with van der Waals surface area (Å²) in [6.07, 6.45) is 2.86. The van der Waals surface area contributed by atoms with E-state index in [1.807, 2.05) is 6.07 Å². The summed E-state index contributed by atoms with van der Waals surface area (Å²) in [6, 6.07) is 11.4. The molecule has 0 fully saturated rings. The minimum absolute atomic E-state index is 0.277. The van der Waals surface area contributed by atoms with Crippen LogP contribution in [0.4, 0.5) is 0 Å². The molecule has 18 heavy (non-hydrogen) atoms. The Bertz CT molecular complexity index is 459. The van der Waals surface area contributed by atoms with E-state index in [4.69, 9.17) is 0 Å². The van der Waals surface area contributed by atoms with Gasteiger partial charge in [-0.3, -0.25) is 5.10 Å². The Morgan fingerprint density at radius 2 is 1.94 bits per heavy atom. The predicted molar refractivity (Wildman–Crippen MR) is 74.3 cm³/mol. The van der Waals surface area contributed by atoms with Gasteiger partial charge >= 0.3 is 0 Å². The van der Waals surface area contributed by atoms with Crippen LogP contribution in [-0.2, 0) is 0 Å². The molecule has 2 unspecified atom stereocenters. The minimum atomic E-state index is 0.277. The first-order valence-electron chi connectivity index (χ1n) is 6.52. The maximum absolute atomic E-state index is 4.00. The van der Waals surface area contributed by atoms with Gasteiger partial charge in [-0.15, -0.1) is 0 Å². The van der Waals surface area contributed by atoms with Crippen molar-refractivity contribution in [2.75, 3.05) is 0 Å². The van der Waals surface area contributed by atoms with Crippen molar-refractivity contribution in [2.45, 2.75) is 39.3 Å². The molecule has 3 heteroatoms. The smallest absolute Gasteiger partial charge is 0.0518 e. The first-order valence-corrected chi connectivity index (χ1v) is 6.52. The van der Waals surface area contributed by atoms with E-state index in [0.29, 0.717) is 6.04 Å². The Hall–Kier alpha value is -1.61. The molecule has 1 aromatic heterocycles. The predicted octanol–water partition coefficient (Wildman–Crippen LogP) is 3.52. The molecule has 0 spiro atoms. The van der Waals surface area contributed by atoms with Crippen LogP contribution < -0.4 is 5.32 Å². The summed E-state index contributed by atoms with van der Waals surface area (Å²) in [5.74, 6) is 0. The fraction of sp³-hybridized carbons (Fsp3) is 0.400. The Morgan fingerprint density at radius 1 is 1.22 bits per heavy atom. The molecule has 0 aliphatic heterocycles. The van der Waals surface area contributed by atoms with Gasteiger partial charge in [0.15, 0.2) is 0 Å².